The summed E-state index contributed by atoms with van der Waals surface area (Å²) in [6.07, 6.45) is -1.10. The molecule has 0 fully saturated rings. The topological polar surface area (TPSA) is 98.7 Å². The van der Waals surface area contributed by atoms with Crippen LogP contribution in [0.1, 0.15) is 25.0 Å². The van der Waals surface area contributed by atoms with Crippen molar-refractivity contribution in [3.8, 4) is 0 Å². The first-order valence-corrected chi connectivity index (χ1v) is 5.88. The predicted molar refractivity (Wildman–Crippen MR) is 70.8 cm³/mol. The largest absolute Gasteiger partial charge is 0.481 e. The number of aliphatic hydroxyl groups is 1. The zero-order valence-corrected chi connectivity index (χ0v) is 10.9. The molecule has 4 N–H and O–H groups in total. The first-order chi connectivity index (χ1) is 8.93. The molecular weight excluding hydrogens is 248 g/mol. The molecule has 0 aromatic heterocycles. The molecule has 0 saturated heterocycles. The Bertz CT molecular complexity index is 444. The van der Waals surface area contributed by atoms with Gasteiger partial charge in [0.15, 0.2) is 0 Å². The van der Waals surface area contributed by atoms with E-state index in [1.807, 2.05) is 0 Å². The molecule has 2 unspecified atom stereocenters. The van der Waals surface area contributed by atoms with E-state index in [0.29, 0.717) is 11.3 Å². The predicted octanol–water partition coefficient (Wildman–Crippen LogP) is 0.741. The van der Waals surface area contributed by atoms with Gasteiger partial charge in [-0.2, -0.15) is 0 Å². The molecule has 0 saturated carbocycles. The Morgan fingerprint density at radius 1 is 1.26 bits per heavy atom. The molecule has 0 bridgehead atoms. The first kappa shape index (κ1) is 15.1. The lowest BCUT2D eigenvalue weighted by Crippen LogP contribution is -2.34. The van der Waals surface area contributed by atoms with Crippen LogP contribution in [0.25, 0.3) is 0 Å². The van der Waals surface area contributed by atoms with Crippen LogP contribution in [0.3, 0.4) is 0 Å². The van der Waals surface area contributed by atoms with Gasteiger partial charge in [0.05, 0.1) is 12.5 Å². The number of hydrogen-bond acceptors (Lipinski definition) is 4. The van der Waals surface area contributed by atoms with Crippen molar-refractivity contribution in [2.45, 2.75) is 25.5 Å². The molecular formula is C13H18N2O4. The number of amides is 1. The van der Waals surface area contributed by atoms with Crippen LogP contribution >= 0.6 is 0 Å². The Hall–Kier alpha value is -1.92. The lowest BCUT2D eigenvalue weighted by molar-refractivity contribution is -0.138. The van der Waals surface area contributed by atoms with Crippen molar-refractivity contribution in [3.63, 3.8) is 0 Å². The van der Waals surface area contributed by atoms with E-state index < -0.39 is 18.1 Å². The SMILES string of the molecule is CNC(CC(=O)O)C(O)c1ccc(NC(C)=O)cc1. The standard InChI is InChI=1S/C13H18N2O4/c1-8(16)15-10-5-3-9(4-6-10)13(19)11(14-2)7-12(17)18/h3-6,11,13-14,19H,7H2,1-2H3,(H,15,16)(H,17,18). The summed E-state index contributed by atoms with van der Waals surface area (Å²) in [4.78, 5) is 21.6. The maximum absolute atomic E-state index is 10.9. The normalized spacial score (nSPS) is 13.6. The summed E-state index contributed by atoms with van der Waals surface area (Å²) in [5, 5.41) is 24.2. The van der Waals surface area contributed by atoms with Crippen LogP contribution in [0, 0.1) is 0 Å². The van der Waals surface area contributed by atoms with Crippen LogP contribution in [0.15, 0.2) is 24.3 Å². The van der Waals surface area contributed by atoms with Crippen LogP contribution in [0.2, 0.25) is 0 Å². The van der Waals surface area contributed by atoms with Crippen molar-refractivity contribution in [2.75, 3.05) is 12.4 Å². The Morgan fingerprint density at radius 3 is 2.26 bits per heavy atom. The fourth-order valence-electron chi connectivity index (χ4n) is 1.76. The number of aliphatic hydroxyl groups excluding tert-OH is 1. The fourth-order valence-corrected chi connectivity index (χ4v) is 1.76. The minimum Gasteiger partial charge on any atom is -0.481 e. The average Bonchev–Trinajstić information content (AvgIpc) is 2.35. The summed E-state index contributed by atoms with van der Waals surface area (Å²) >= 11 is 0. The molecule has 0 aliphatic heterocycles. The van der Waals surface area contributed by atoms with Gasteiger partial charge in [0.2, 0.25) is 5.91 Å². The number of carboxylic acids is 1. The quantitative estimate of drug-likeness (QED) is 0.608. The molecule has 0 heterocycles. The van der Waals surface area contributed by atoms with E-state index in [9.17, 15) is 14.7 Å². The molecule has 2 atom stereocenters. The molecule has 0 aliphatic carbocycles. The van der Waals surface area contributed by atoms with Gasteiger partial charge in [0.1, 0.15) is 0 Å². The number of benzene rings is 1. The van der Waals surface area contributed by atoms with Crippen LogP contribution in [-0.4, -0.2) is 35.2 Å². The second-order valence-electron chi connectivity index (χ2n) is 4.24. The number of carbonyl (C=O) groups excluding carboxylic acids is 1. The Kier molecular flexibility index (Phi) is 5.47. The zero-order valence-electron chi connectivity index (χ0n) is 10.9. The third-order valence-electron chi connectivity index (χ3n) is 2.72. The Labute approximate surface area is 111 Å². The molecule has 1 aromatic carbocycles. The number of rotatable bonds is 6. The summed E-state index contributed by atoms with van der Waals surface area (Å²) in [6.45, 7) is 1.41. The van der Waals surface area contributed by atoms with E-state index in [2.05, 4.69) is 10.6 Å². The Morgan fingerprint density at radius 2 is 1.84 bits per heavy atom. The highest BCUT2D eigenvalue weighted by Gasteiger charge is 2.21. The van der Waals surface area contributed by atoms with Gasteiger partial charge in [0.25, 0.3) is 0 Å². The van der Waals surface area contributed by atoms with E-state index in [4.69, 9.17) is 5.11 Å². The van der Waals surface area contributed by atoms with E-state index in [0.717, 1.165) is 0 Å². The second kappa shape index (κ2) is 6.86. The van der Waals surface area contributed by atoms with Crippen molar-refractivity contribution >= 4 is 17.6 Å². The number of hydrogen-bond donors (Lipinski definition) is 4. The summed E-state index contributed by atoms with van der Waals surface area (Å²) in [6, 6.07) is 6.06. The van der Waals surface area contributed by atoms with Gasteiger partial charge in [-0.3, -0.25) is 9.59 Å². The molecule has 6 nitrogen and oxygen atoms in total. The van der Waals surface area contributed by atoms with Crippen LogP contribution in [0.5, 0.6) is 0 Å². The number of likely N-dealkylation sites (N-methyl/N-ethyl adjacent to an activating group) is 1. The second-order valence-corrected chi connectivity index (χ2v) is 4.24. The van der Waals surface area contributed by atoms with Gasteiger partial charge in [-0.1, -0.05) is 12.1 Å². The highest BCUT2D eigenvalue weighted by molar-refractivity contribution is 5.88. The minimum atomic E-state index is -0.978. The summed E-state index contributed by atoms with van der Waals surface area (Å²) in [5.74, 6) is -1.15. The molecule has 104 valence electrons. The van der Waals surface area contributed by atoms with Crippen molar-refractivity contribution in [2.24, 2.45) is 0 Å². The van der Waals surface area contributed by atoms with Crippen LogP contribution < -0.4 is 10.6 Å². The molecule has 19 heavy (non-hydrogen) atoms. The van der Waals surface area contributed by atoms with Crippen molar-refractivity contribution in [1.29, 1.82) is 0 Å². The number of anilines is 1. The third kappa shape index (κ3) is 4.69. The average molecular weight is 266 g/mol. The van der Waals surface area contributed by atoms with Crippen molar-refractivity contribution in [1.82, 2.24) is 5.32 Å². The molecule has 6 heteroatoms. The molecule has 0 spiro atoms. The monoisotopic (exact) mass is 266 g/mol. The molecule has 0 radical (unpaired) electrons. The van der Waals surface area contributed by atoms with Gasteiger partial charge in [-0.05, 0) is 24.7 Å². The number of aliphatic carboxylic acids is 1. The van der Waals surface area contributed by atoms with Gasteiger partial charge in [-0.25, -0.2) is 0 Å². The number of carboxylic acid groups (broad SMARTS) is 1. The summed E-state index contributed by atoms with van der Waals surface area (Å²) < 4.78 is 0. The van der Waals surface area contributed by atoms with Gasteiger partial charge in [0, 0.05) is 18.7 Å². The summed E-state index contributed by atoms with van der Waals surface area (Å²) in [5.41, 5.74) is 1.22. The van der Waals surface area contributed by atoms with E-state index >= 15 is 0 Å². The lowest BCUT2D eigenvalue weighted by atomic mass is 9.99. The highest BCUT2D eigenvalue weighted by Crippen LogP contribution is 2.21. The fraction of sp³-hybridized carbons (Fsp3) is 0.385. The van der Waals surface area contributed by atoms with E-state index in [-0.39, 0.29) is 12.3 Å². The van der Waals surface area contributed by atoms with Gasteiger partial charge in [-0.15, -0.1) is 0 Å². The van der Waals surface area contributed by atoms with E-state index in [1.165, 1.54) is 6.92 Å². The first-order valence-electron chi connectivity index (χ1n) is 5.88. The van der Waals surface area contributed by atoms with Gasteiger partial charge < -0.3 is 20.8 Å². The van der Waals surface area contributed by atoms with Crippen molar-refractivity contribution in [3.05, 3.63) is 29.8 Å². The van der Waals surface area contributed by atoms with Crippen molar-refractivity contribution < 1.29 is 19.8 Å². The molecule has 1 amide bonds. The van der Waals surface area contributed by atoms with Crippen LogP contribution in [0.4, 0.5) is 5.69 Å². The number of carbonyl (C=O) groups is 2. The van der Waals surface area contributed by atoms with E-state index in [1.54, 1.807) is 31.3 Å². The summed E-state index contributed by atoms with van der Waals surface area (Å²) in [7, 11) is 1.60. The third-order valence-corrected chi connectivity index (χ3v) is 2.72. The zero-order chi connectivity index (χ0) is 14.4. The smallest absolute Gasteiger partial charge is 0.305 e. The van der Waals surface area contributed by atoms with Gasteiger partial charge >= 0.3 is 5.97 Å². The lowest BCUT2D eigenvalue weighted by Gasteiger charge is -2.21. The molecule has 1 rings (SSSR count). The Balaban J connectivity index is 2.78. The van der Waals surface area contributed by atoms with Crippen LogP contribution in [-0.2, 0) is 9.59 Å². The highest BCUT2D eigenvalue weighted by atomic mass is 16.4. The molecule has 1 aromatic rings. The number of nitrogens with one attached hydrogen (secondary N) is 2. The molecule has 0 aliphatic rings. The maximum atomic E-state index is 10.9. The maximum Gasteiger partial charge on any atom is 0.305 e. The minimum absolute atomic E-state index is 0.174.